The van der Waals surface area contributed by atoms with E-state index in [4.69, 9.17) is 16.3 Å². The number of benzene rings is 2. The average molecular weight is 422 g/mol. The molecule has 4 atom stereocenters. The molecule has 5 rings (SSSR count). The van der Waals surface area contributed by atoms with Crippen molar-refractivity contribution in [1.29, 1.82) is 0 Å². The standard InChI is InChI=1S/C24H20ClNO4/c1-13-9-15-10-19(13)22-21(15)23(28)26(24(22)29)17-3-2-4-18(11-17)30-12-20(27)14-5-7-16(25)8-6-14/h2-9,11,15,19,21-22H,10,12H2,1H3/t15-,19+,21-,22-/m0/s1. The smallest absolute Gasteiger partial charge is 0.238 e. The lowest BCUT2D eigenvalue weighted by molar-refractivity contribution is -0.123. The zero-order chi connectivity index (χ0) is 21.0. The molecule has 1 aliphatic heterocycles. The third-order valence-electron chi connectivity index (χ3n) is 6.49. The van der Waals surface area contributed by atoms with Crippen molar-refractivity contribution < 1.29 is 19.1 Å². The Bertz CT molecular complexity index is 1090. The number of anilines is 1. The Morgan fingerprint density at radius 3 is 2.60 bits per heavy atom. The van der Waals surface area contributed by atoms with Crippen LogP contribution in [0.2, 0.25) is 5.02 Å². The number of carbonyl (C=O) groups is 3. The number of ketones is 1. The Morgan fingerprint density at radius 1 is 1.10 bits per heavy atom. The van der Waals surface area contributed by atoms with E-state index in [0.717, 1.165) is 6.42 Å². The van der Waals surface area contributed by atoms with Gasteiger partial charge in [0.15, 0.2) is 12.4 Å². The van der Waals surface area contributed by atoms with Crippen LogP contribution in [0.4, 0.5) is 5.69 Å². The van der Waals surface area contributed by atoms with Crippen molar-refractivity contribution in [1.82, 2.24) is 0 Å². The van der Waals surface area contributed by atoms with Gasteiger partial charge in [-0.05, 0) is 61.6 Å². The molecule has 1 saturated carbocycles. The number of ether oxygens (including phenoxy) is 1. The summed E-state index contributed by atoms with van der Waals surface area (Å²) in [6.45, 7) is 1.90. The van der Waals surface area contributed by atoms with Gasteiger partial charge in [0.1, 0.15) is 5.75 Å². The molecule has 1 saturated heterocycles. The molecule has 2 aromatic carbocycles. The first-order chi connectivity index (χ1) is 14.4. The number of fused-ring (bicyclic) bond motifs is 5. The Balaban J connectivity index is 1.32. The van der Waals surface area contributed by atoms with Gasteiger partial charge in [0, 0.05) is 16.7 Å². The summed E-state index contributed by atoms with van der Waals surface area (Å²) in [4.78, 5) is 39.8. The summed E-state index contributed by atoms with van der Waals surface area (Å²) in [5.74, 6) is -0.153. The Hall–Kier alpha value is -2.92. The highest BCUT2D eigenvalue weighted by molar-refractivity contribution is 6.30. The molecule has 2 fully saturated rings. The van der Waals surface area contributed by atoms with Crippen molar-refractivity contribution in [2.24, 2.45) is 23.7 Å². The molecule has 0 radical (unpaired) electrons. The van der Waals surface area contributed by atoms with E-state index in [1.165, 1.54) is 10.5 Å². The zero-order valence-corrected chi connectivity index (χ0v) is 17.1. The highest BCUT2D eigenvalue weighted by Gasteiger charge is 2.60. The summed E-state index contributed by atoms with van der Waals surface area (Å²) < 4.78 is 5.65. The van der Waals surface area contributed by atoms with Crippen LogP contribution in [0.1, 0.15) is 23.7 Å². The molecule has 30 heavy (non-hydrogen) atoms. The molecule has 1 heterocycles. The second-order valence-electron chi connectivity index (χ2n) is 8.20. The van der Waals surface area contributed by atoms with E-state index in [-0.39, 0.29) is 47.9 Å². The number of halogens is 1. The molecule has 0 N–H and O–H groups in total. The predicted octanol–water partition coefficient (Wildman–Crippen LogP) is 4.30. The second-order valence-corrected chi connectivity index (χ2v) is 8.63. The van der Waals surface area contributed by atoms with E-state index >= 15 is 0 Å². The highest BCUT2D eigenvalue weighted by Crippen LogP contribution is 2.55. The molecule has 0 spiro atoms. The normalized spacial score (nSPS) is 26.7. The van der Waals surface area contributed by atoms with Crippen molar-refractivity contribution in [3.05, 3.63) is 70.8 Å². The molecule has 2 aliphatic carbocycles. The molecule has 3 aliphatic rings. The van der Waals surface area contributed by atoms with Crippen LogP contribution in [0.15, 0.2) is 60.2 Å². The molecule has 0 aromatic heterocycles. The first-order valence-electron chi connectivity index (χ1n) is 10.0. The molecule has 2 bridgehead atoms. The molecule has 2 aromatic rings. The van der Waals surface area contributed by atoms with Gasteiger partial charge in [-0.2, -0.15) is 0 Å². The van der Waals surface area contributed by atoms with Crippen LogP contribution in [0, 0.1) is 23.7 Å². The third kappa shape index (κ3) is 2.96. The molecule has 6 heteroatoms. The quantitative estimate of drug-likeness (QED) is 0.410. The van der Waals surface area contributed by atoms with E-state index in [1.807, 2.05) is 6.92 Å². The predicted molar refractivity (Wildman–Crippen MR) is 113 cm³/mol. The molecular weight excluding hydrogens is 402 g/mol. The Labute approximate surface area is 179 Å². The highest BCUT2D eigenvalue weighted by atomic mass is 35.5. The van der Waals surface area contributed by atoms with E-state index in [1.54, 1.807) is 48.5 Å². The minimum absolute atomic E-state index is 0.126. The van der Waals surface area contributed by atoms with Crippen LogP contribution in [0.5, 0.6) is 5.75 Å². The largest absolute Gasteiger partial charge is 0.485 e. The monoisotopic (exact) mass is 421 g/mol. The fourth-order valence-electron chi connectivity index (χ4n) is 5.11. The maximum Gasteiger partial charge on any atom is 0.238 e. The number of nitrogens with zero attached hydrogens (tertiary/aromatic N) is 1. The molecule has 152 valence electrons. The van der Waals surface area contributed by atoms with Crippen molar-refractivity contribution in [2.45, 2.75) is 13.3 Å². The van der Waals surface area contributed by atoms with E-state index in [9.17, 15) is 14.4 Å². The number of allylic oxidation sites excluding steroid dienone is 2. The number of hydrogen-bond acceptors (Lipinski definition) is 4. The minimum atomic E-state index is -0.248. The van der Waals surface area contributed by atoms with E-state index in [0.29, 0.717) is 22.0 Å². The molecule has 0 unspecified atom stereocenters. The van der Waals surface area contributed by atoms with Gasteiger partial charge in [0.25, 0.3) is 0 Å². The minimum Gasteiger partial charge on any atom is -0.485 e. The van der Waals surface area contributed by atoms with Crippen LogP contribution in [-0.4, -0.2) is 24.2 Å². The van der Waals surface area contributed by atoms with Gasteiger partial charge in [-0.15, -0.1) is 0 Å². The lowest BCUT2D eigenvalue weighted by Crippen LogP contribution is -2.32. The van der Waals surface area contributed by atoms with Gasteiger partial charge >= 0.3 is 0 Å². The van der Waals surface area contributed by atoms with Gasteiger partial charge in [-0.1, -0.05) is 29.3 Å². The van der Waals surface area contributed by atoms with Gasteiger partial charge in [-0.3, -0.25) is 14.4 Å². The fraction of sp³-hybridized carbons (Fsp3) is 0.292. The number of rotatable bonds is 5. The molecule has 5 nitrogen and oxygen atoms in total. The molecule has 2 amide bonds. The second kappa shape index (κ2) is 7.10. The third-order valence-corrected chi connectivity index (χ3v) is 6.74. The van der Waals surface area contributed by atoms with Crippen molar-refractivity contribution in [3.8, 4) is 5.75 Å². The van der Waals surface area contributed by atoms with Gasteiger partial charge < -0.3 is 4.74 Å². The van der Waals surface area contributed by atoms with Crippen molar-refractivity contribution >= 4 is 34.9 Å². The summed E-state index contributed by atoms with van der Waals surface area (Å²) in [6.07, 6.45) is 3.06. The number of hydrogen-bond donors (Lipinski definition) is 0. The van der Waals surface area contributed by atoms with Crippen LogP contribution in [0.3, 0.4) is 0 Å². The van der Waals surface area contributed by atoms with Crippen LogP contribution in [-0.2, 0) is 9.59 Å². The van der Waals surface area contributed by atoms with Gasteiger partial charge in [0.2, 0.25) is 11.8 Å². The SMILES string of the molecule is CC1=C[C@H]2C[C@H]1[C@@H]1C(=O)N(c3cccc(OCC(=O)c4ccc(Cl)cc4)c3)C(=O)[C@H]12. The Morgan fingerprint density at radius 2 is 1.83 bits per heavy atom. The number of carbonyl (C=O) groups excluding carboxylic acids is 3. The number of imide groups is 1. The summed E-state index contributed by atoms with van der Waals surface area (Å²) in [5, 5.41) is 0.559. The first kappa shape index (κ1) is 19.1. The van der Waals surface area contributed by atoms with E-state index < -0.39 is 0 Å². The summed E-state index contributed by atoms with van der Waals surface area (Å²) in [7, 11) is 0. The lowest BCUT2D eigenvalue weighted by Gasteiger charge is -2.19. The van der Waals surface area contributed by atoms with Gasteiger partial charge in [0.05, 0.1) is 17.5 Å². The van der Waals surface area contributed by atoms with Crippen LogP contribution >= 0.6 is 11.6 Å². The fourth-order valence-corrected chi connectivity index (χ4v) is 5.24. The van der Waals surface area contributed by atoms with Crippen molar-refractivity contribution in [2.75, 3.05) is 11.5 Å². The number of amides is 2. The van der Waals surface area contributed by atoms with Gasteiger partial charge in [-0.25, -0.2) is 4.90 Å². The maximum atomic E-state index is 13.1. The number of Topliss-reactive ketones (excluding diaryl/α,β-unsaturated/α-hetero) is 1. The van der Waals surface area contributed by atoms with Crippen LogP contribution < -0.4 is 9.64 Å². The topological polar surface area (TPSA) is 63.7 Å². The van der Waals surface area contributed by atoms with E-state index in [2.05, 4.69) is 6.08 Å². The average Bonchev–Trinajstić information content (AvgIpc) is 3.37. The Kier molecular flexibility index (Phi) is 4.51. The first-order valence-corrected chi connectivity index (χ1v) is 10.4. The van der Waals surface area contributed by atoms with Crippen molar-refractivity contribution in [3.63, 3.8) is 0 Å². The maximum absolute atomic E-state index is 13.1. The zero-order valence-electron chi connectivity index (χ0n) is 16.4. The molecular formula is C24H20ClNO4. The summed E-state index contributed by atoms with van der Waals surface area (Å²) in [6, 6.07) is 13.4. The van der Waals surface area contributed by atoms with Crippen LogP contribution in [0.25, 0.3) is 0 Å². The summed E-state index contributed by atoms with van der Waals surface area (Å²) in [5.41, 5.74) is 2.22. The lowest BCUT2D eigenvalue weighted by atomic mass is 9.82. The summed E-state index contributed by atoms with van der Waals surface area (Å²) >= 11 is 5.85.